The van der Waals surface area contributed by atoms with Crippen LogP contribution in [0.5, 0.6) is 0 Å². The van der Waals surface area contributed by atoms with Gasteiger partial charge in [0.05, 0.1) is 6.10 Å². The van der Waals surface area contributed by atoms with Gasteiger partial charge < -0.3 is 15.4 Å². The highest BCUT2D eigenvalue weighted by Gasteiger charge is 2.52. The molecule has 0 bridgehead atoms. The molecule has 0 aliphatic carbocycles. The first kappa shape index (κ1) is 16.9. The summed E-state index contributed by atoms with van der Waals surface area (Å²) in [5.41, 5.74) is -1.15. The molecule has 1 aliphatic rings. The molecule has 20 heavy (non-hydrogen) atoms. The molecule has 3 nitrogen and oxygen atoms in total. The van der Waals surface area contributed by atoms with Crippen LogP contribution in [0.4, 0.5) is 0 Å². The van der Waals surface area contributed by atoms with E-state index in [2.05, 4.69) is 26.3 Å². The molecule has 1 fully saturated rings. The zero-order valence-electron chi connectivity index (χ0n) is 12.3. The lowest BCUT2D eigenvalue weighted by atomic mass is 9.71. The van der Waals surface area contributed by atoms with Crippen molar-refractivity contribution in [3.8, 4) is 0 Å². The predicted octanol–water partition coefficient (Wildman–Crippen LogP) is 2.31. The summed E-state index contributed by atoms with van der Waals surface area (Å²) in [5, 5.41) is 23.7. The van der Waals surface area contributed by atoms with Gasteiger partial charge in [0.15, 0.2) is 0 Å². The van der Waals surface area contributed by atoms with Crippen LogP contribution in [-0.2, 0) is 0 Å². The van der Waals surface area contributed by atoms with Crippen LogP contribution < -0.4 is 5.06 Å². The van der Waals surface area contributed by atoms with Gasteiger partial charge in [0, 0.05) is 38.5 Å². The van der Waals surface area contributed by atoms with E-state index in [1.807, 2.05) is 0 Å². The highest BCUT2D eigenvalue weighted by atomic mass is 16.5. The van der Waals surface area contributed by atoms with Crippen LogP contribution in [0.25, 0.3) is 0 Å². The average molecular weight is 277 g/mol. The van der Waals surface area contributed by atoms with Gasteiger partial charge in [0.2, 0.25) is 0 Å². The smallest absolute Gasteiger partial charge is 0.107 e. The van der Waals surface area contributed by atoms with Crippen molar-refractivity contribution in [1.29, 1.82) is 0 Å². The van der Waals surface area contributed by atoms with Crippen molar-refractivity contribution in [2.75, 3.05) is 0 Å². The zero-order valence-corrected chi connectivity index (χ0v) is 12.3. The summed E-state index contributed by atoms with van der Waals surface area (Å²) in [6.07, 6.45) is 9.87. The summed E-state index contributed by atoms with van der Waals surface area (Å²) in [5.74, 6) is 0. The maximum Gasteiger partial charge on any atom is 0.107 e. The maximum atomic E-state index is 13.2. The lowest BCUT2D eigenvalue weighted by Gasteiger charge is -2.58. The average Bonchev–Trinajstić information content (AvgIpc) is 2.37. The number of aliphatic hydroxyl groups is 1. The number of quaternary nitrogens is 1. The zero-order chi connectivity index (χ0) is 15.2. The predicted molar refractivity (Wildman–Crippen MR) is 84.3 cm³/mol. The van der Waals surface area contributed by atoms with Crippen LogP contribution in [-0.4, -0.2) is 22.3 Å². The lowest BCUT2D eigenvalue weighted by molar-refractivity contribution is -0.964. The number of hydrogen-bond acceptors (Lipinski definition) is 2. The Labute approximate surface area is 122 Å². The van der Waals surface area contributed by atoms with E-state index in [0.717, 1.165) is 0 Å². The molecule has 1 aliphatic heterocycles. The number of hydroxylamine groups is 2. The number of aliphatic hydroxyl groups excluding tert-OH is 1. The Morgan fingerprint density at radius 3 is 1.45 bits per heavy atom. The molecule has 0 spiro atoms. The van der Waals surface area contributed by atoms with Crippen molar-refractivity contribution >= 4 is 0 Å². The van der Waals surface area contributed by atoms with Gasteiger partial charge in [0.25, 0.3) is 0 Å². The number of nitrogens with one attached hydrogen (secondary N) is 1. The third kappa shape index (κ3) is 3.11. The normalized spacial score (nSPS) is 27.5. The molecular weight excluding hydrogens is 250 g/mol. The van der Waals surface area contributed by atoms with Gasteiger partial charge in [-0.2, -0.15) is 0 Å². The molecule has 0 unspecified atom stereocenters. The van der Waals surface area contributed by atoms with E-state index in [1.54, 1.807) is 24.3 Å². The summed E-state index contributed by atoms with van der Waals surface area (Å²) in [6, 6.07) is 0. The molecule has 0 amide bonds. The van der Waals surface area contributed by atoms with Crippen LogP contribution >= 0.6 is 0 Å². The van der Waals surface area contributed by atoms with Crippen LogP contribution in [0, 0.1) is 5.21 Å². The monoisotopic (exact) mass is 277 g/mol. The molecule has 0 atom stereocenters. The Balaban J connectivity index is 3.24. The van der Waals surface area contributed by atoms with Crippen LogP contribution in [0.1, 0.15) is 38.5 Å². The lowest BCUT2D eigenvalue weighted by Crippen LogP contribution is -3.25. The molecule has 1 saturated heterocycles. The summed E-state index contributed by atoms with van der Waals surface area (Å²) in [7, 11) is 0. The fraction of sp³-hybridized carbons (Fsp3) is 0.529. The standard InChI is InChI=1S/C17H27NO2/c1-5-9-16(10-6-2)13-15(19)14-17(11-7-3,12-8-4)18(16)20/h5-8,15,18-19H,1-4,9-14H2. The summed E-state index contributed by atoms with van der Waals surface area (Å²) in [6.45, 7) is 15.1. The quantitative estimate of drug-likeness (QED) is 0.528. The molecule has 0 saturated carbocycles. The molecule has 1 heterocycles. The minimum Gasteiger partial charge on any atom is -0.633 e. The second kappa shape index (κ2) is 7.02. The fourth-order valence-corrected chi connectivity index (χ4v) is 3.70. The van der Waals surface area contributed by atoms with Gasteiger partial charge in [-0.25, -0.2) is 0 Å². The number of hydrogen-bond donors (Lipinski definition) is 2. The van der Waals surface area contributed by atoms with Crippen molar-refractivity contribution in [1.82, 2.24) is 0 Å². The van der Waals surface area contributed by atoms with Crippen molar-refractivity contribution < 1.29 is 10.2 Å². The Hall–Kier alpha value is -1.16. The third-order valence-corrected chi connectivity index (χ3v) is 4.36. The molecule has 0 aromatic rings. The van der Waals surface area contributed by atoms with Crippen molar-refractivity contribution in [3.63, 3.8) is 0 Å². The molecule has 0 aromatic heterocycles. The maximum absolute atomic E-state index is 13.2. The van der Waals surface area contributed by atoms with E-state index in [0.29, 0.717) is 38.5 Å². The van der Waals surface area contributed by atoms with Gasteiger partial charge in [0.1, 0.15) is 11.1 Å². The van der Waals surface area contributed by atoms with E-state index in [9.17, 15) is 10.3 Å². The highest BCUT2D eigenvalue weighted by Crippen LogP contribution is 2.33. The van der Waals surface area contributed by atoms with Crippen molar-refractivity contribution in [2.24, 2.45) is 0 Å². The Morgan fingerprint density at radius 2 is 1.20 bits per heavy atom. The van der Waals surface area contributed by atoms with Gasteiger partial charge in [-0.3, -0.25) is 0 Å². The van der Waals surface area contributed by atoms with E-state index in [-0.39, 0.29) is 5.06 Å². The van der Waals surface area contributed by atoms with E-state index in [1.165, 1.54) is 0 Å². The van der Waals surface area contributed by atoms with Gasteiger partial charge in [-0.05, 0) is 0 Å². The minimum absolute atomic E-state index is 0.204. The fourth-order valence-electron chi connectivity index (χ4n) is 3.70. The van der Waals surface area contributed by atoms with Crippen molar-refractivity contribution in [2.45, 2.75) is 55.7 Å². The Bertz CT molecular complexity index is 321. The molecule has 1 rings (SSSR count). The highest BCUT2D eigenvalue weighted by molar-refractivity contribution is 5.04. The first-order valence-corrected chi connectivity index (χ1v) is 7.17. The first-order valence-electron chi connectivity index (χ1n) is 7.17. The molecule has 3 heteroatoms. The SMILES string of the molecule is C=CCC1(CC=C)CC(O)CC(CC=C)(CC=C)[NH+]1[O-]. The van der Waals surface area contributed by atoms with Gasteiger partial charge in [-0.1, -0.05) is 24.3 Å². The number of piperidine rings is 1. The van der Waals surface area contributed by atoms with E-state index < -0.39 is 17.2 Å². The largest absolute Gasteiger partial charge is 0.633 e. The number of rotatable bonds is 8. The second-order valence-corrected chi connectivity index (χ2v) is 5.92. The molecule has 2 N–H and O–H groups in total. The molecule has 0 radical (unpaired) electrons. The van der Waals surface area contributed by atoms with Gasteiger partial charge in [-0.15, -0.1) is 26.3 Å². The Morgan fingerprint density at radius 1 is 0.900 bits per heavy atom. The second-order valence-electron chi connectivity index (χ2n) is 5.92. The third-order valence-electron chi connectivity index (χ3n) is 4.36. The topological polar surface area (TPSA) is 47.7 Å². The van der Waals surface area contributed by atoms with Crippen LogP contribution in [0.2, 0.25) is 0 Å². The molecule has 0 aromatic carbocycles. The first-order chi connectivity index (χ1) is 9.50. The minimum atomic E-state index is -0.576. The van der Waals surface area contributed by atoms with E-state index in [4.69, 9.17) is 0 Å². The molecular formula is C17H27NO2. The summed E-state index contributed by atoms with van der Waals surface area (Å²) < 4.78 is 0. The summed E-state index contributed by atoms with van der Waals surface area (Å²) in [4.78, 5) is 0. The van der Waals surface area contributed by atoms with Crippen LogP contribution in [0.15, 0.2) is 50.6 Å². The van der Waals surface area contributed by atoms with Crippen LogP contribution in [0.3, 0.4) is 0 Å². The van der Waals surface area contributed by atoms with E-state index >= 15 is 0 Å². The molecule has 112 valence electrons. The summed E-state index contributed by atoms with van der Waals surface area (Å²) >= 11 is 0. The van der Waals surface area contributed by atoms with Crippen molar-refractivity contribution in [3.05, 3.63) is 55.8 Å². The Kier molecular flexibility index (Phi) is 5.93. The van der Waals surface area contributed by atoms with Gasteiger partial charge >= 0.3 is 0 Å².